The number of likely N-dealkylation sites (tertiary alicyclic amines) is 1. The fourth-order valence-electron chi connectivity index (χ4n) is 3.31. The highest BCUT2D eigenvalue weighted by Gasteiger charge is 2.39. The van der Waals surface area contributed by atoms with E-state index in [9.17, 15) is 4.79 Å². The second kappa shape index (κ2) is 4.21. The fourth-order valence-corrected chi connectivity index (χ4v) is 3.31. The molecule has 0 aromatic heterocycles. The zero-order valence-electron chi connectivity index (χ0n) is 9.69. The highest BCUT2D eigenvalue weighted by molar-refractivity contribution is 5.79. The number of amides is 1. The molecule has 3 nitrogen and oxygen atoms in total. The quantitative estimate of drug-likeness (QED) is 0.669. The second-order valence-electron chi connectivity index (χ2n) is 5.40. The van der Waals surface area contributed by atoms with Crippen LogP contribution in [0, 0.1) is 17.8 Å². The molecule has 3 atom stereocenters. The van der Waals surface area contributed by atoms with Gasteiger partial charge in [-0.15, -0.1) is 0 Å². The van der Waals surface area contributed by atoms with Crippen molar-refractivity contribution in [3.8, 4) is 0 Å². The van der Waals surface area contributed by atoms with Crippen LogP contribution in [0.1, 0.15) is 19.3 Å². The summed E-state index contributed by atoms with van der Waals surface area (Å²) >= 11 is 0. The molecule has 3 aliphatic rings. The van der Waals surface area contributed by atoms with Crippen LogP contribution in [0.5, 0.6) is 0 Å². The molecule has 88 valence electrons. The molecular formula is C13H20N2O. The van der Waals surface area contributed by atoms with Crippen LogP contribution in [0.2, 0.25) is 0 Å². The molecule has 0 aromatic carbocycles. The SMILES string of the molecule is O=C(C1CC=CCC1)N1CC2CNCC2C1. The van der Waals surface area contributed by atoms with Crippen LogP contribution in [-0.4, -0.2) is 37.0 Å². The maximum absolute atomic E-state index is 12.3. The van der Waals surface area contributed by atoms with Crippen molar-refractivity contribution in [2.24, 2.45) is 17.8 Å². The van der Waals surface area contributed by atoms with Gasteiger partial charge in [0, 0.05) is 32.1 Å². The average Bonchev–Trinajstić information content (AvgIpc) is 2.89. The first-order chi connectivity index (χ1) is 7.84. The summed E-state index contributed by atoms with van der Waals surface area (Å²) in [6, 6.07) is 0. The summed E-state index contributed by atoms with van der Waals surface area (Å²) in [5.41, 5.74) is 0. The molecule has 1 amide bonds. The smallest absolute Gasteiger partial charge is 0.226 e. The summed E-state index contributed by atoms with van der Waals surface area (Å²) in [5.74, 6) is 2.14. The van der Waals surface area contributed by atoms with Crippen LogP contribution in [0.4, 0.5) is 0 Å². The molecule has 0 bridgehead atoms. The van der Waals surface area contributed by atoms with E-state index < -0.39 is 0 Å². The Morgan fingerprint density at radius 2 is 1.94 bits per heavy atom. The number of rotatable bonds is 1. The van der Waals surface area contributed by atoms with Crippen LogP contribution in [-0.2, 0) is 4.79 Å². The largest absolute Gasteiger partial charge is 0.342 e. The van der Waals surface area contributed by atoms with Crippen molar-refractivity contribution >= 4 is 5.91 Å². The first kappa shape index (κ1) is 10.3. The molecule has 3 unspecified atom stereocenters. The average molecular weight is 220 g/mol. The van der Waals surface area contributed by atoms with Gasteiger partial charge in [-0.2, -0.15) is 0 Å². The van der Waals surface area contributed by atoms with Crippen LogP contribution in [0.15, 0.2) is 12.2 Å². The van der Waals surface area contributed by atoms with E-state index in [4.69, 9.17) is 0 Å². The molecule has 2 fully saturated rings. The topological polar surface area (TPSA) is 32.3 Å². The molecule has 1 N–H and O–H groups in total. The Balaban J connectivity index is 1.61. The van der Waals surface area contributed by atoms with Gasteiger partial charge in [0.05, 0.1) is 0 Å². The van der Waals surface area contributed by atoms with E-state index in [1.54, 1.807) is 0 Å². The molecule has 1 aliphatic carbocycles. The van der Waals surface area contributed by atoms with Crippen molar-refractivity contribution in [3.05, 3.63) is 12.2 Å². The summed E-state index contributed by atoms with van der Waals surface area (Å²) in [4.78, 5) is 14.4. The maximum Gasteiger partial charge on any atom is 0.226 e. The van der Waals surface area contributed by atoms with Crippen molar-refractivity contribution in [2.45, 2.75) is 19.3 Å². The van der Waals surface area contributed by atoms with Gasteiger partial charge in [0.2, 0.25) is 5.91 Å². The van der Waals surface area contributed by atoms with Gasteiger partial charge in [-0.1, -0.05) is 12.2 Å². The molecule has 2 aliphatic heterocycles. The summed E-state index contributed by atoms with van der Waals surface area (Å²) in [5, 5.41) is 3.41. The highest BCUT2D eigenvalue weighted by Crippen LogP contribution is 2.29. The molecular weight excluding hydrogens is 200 g/mol. The van der Waals surface area contributed by atoms with Gasteiger partial charge in [-0.25, -0.2) is 0 Å². The molecule has 0 saturated carbocycles. The monoisotopic (exact) mass is 220 g/mol. The van der Waals surface area contributed by atoms with Crippen molar-refractivity contribution in [2.75, 3.05) is 26.2 Å². The first-order valence-electron chi connectivity index (χ1n) is 6.49. The normalized spacial score (nSPS) is 37.8. The third-order valence-electron chi connectivity index (χ3n) is 4.32. The van der Waals surface area contributed by atoms with E-state index in [0.717, 1.165) is 57.3 Å². The second-order valence-corrected chi connectivity index (χ2v) is 5.40. The lowest BCUT2D eigenvalue weighted by Crippen LogP contribution is -2.36. The molecule has 16 heavy (non-hydrogen) atoms. The Bertz CT molecular complexity index is 301. The Kier molecular flexibility index (Phi) is 2.72. The highest BCUT2D eigenvalue weighted by atomic mass is 16.2. The Morgan fingerprint density at radius 1 is 1.19 bits per heavy atom. The molecule has 0 spiro atoms. The van der Waals surface area contributed by atoms with Crippen LogP contribution >= 0.6 is 0 Å². The number of carbonyl (C=O) groups is 1. The summed E-state index contributed by atoms with van der Waals surface area (Å²) in [7, 11) is 0. The first-order valence-corrected chi connectivity index (χ1v) is 6.49. The molecule has 2 heterocycles. The predicted octanol–water partition coefficient (Wildman–Crippen LogP) is 1.02. The minimum absolute atomic E-state index is 0.275. The number of allylic oxidation sites excluding steroid dienone is 2. The van der Waals surface area contributed by atoms with Crippen LogP contribution in [0.3, 0.4) is 0 Å². The molecule has 0 aromatic rings. The predicted molar refractivity (Wildman–Crippen MR) is 62.9 cm³/mol. The lowest BCUT2D eigenvalue weighted by molar-refractivity contribution is -0.135. The Hall–Kier alpha value is -0.830. The minimum atomic E-state index is 0.275. The number of hydrogen-bond acceptors (Lipinski definition) is 2. The number of hydrogen-bond donors (Lipinski definition) is 1. The van der Waals surface area contributed by atoms with Gasteiger partial charge < -0.3 is 10.2 Å². The zero-order valence-corrected chi connectivity index (χ0v) is 9.69. The van der Waals surface area contributed by atoms with Gasteiger partial charge in [0.25, 0.3) is 0 Å². The van der Waals surface area contributed by atoms with Gasteiger partial charge in [-0.3, -0.25) is 4.79 Å². The summed E-state index contributed by atoms with van der Waals surface area (Å²) < 4.78 is 0. The Labute approximate surface area is 96.9 Å². The third-order valence-corrected chi connectivity index (χ3v) is 4.32. The van der Waals surface area contributed by atoms with Crippen molar-refractivity contribution in [1.29, 1.82) is 0 Å². The van der Waals surface area contributed by atoms with Crippen LogP contribution < -0.4 is 5.32 Å². The lowest BCUT2D eigenvalue weighted by atomic mass is 9.93. The zero-order chi connectivity index (χ0) is 11.0. The third kappa shape index (κ3) is 1.77. The van der Waals surface area contributed by atoms with E-state index >= 15 is 0 Å². The number of carbonyl (C=O) groups excluding carboxylic acids is 1. The number of nitrogens with one attached hydrogen (secondary N) is 1. The molecule has 0 radical (unpaired) electrons. The van der Waals surface area contributed by atoms with Gasteiger partial charge in [0.15, 0.2) is 0 Å². The maximum atomic E-state index is 12.3. The van der Waals surface area contributed by atoms with Gasteiger partial charge in [-0.05, 0) is 31.1 Å². The minimum Gasteiger partial charge on any atom is -0.342 e. The summed E-state index contributed by atoms with van der Waals surface area (Å²) in [6.45, 7) is 4.21. The molecule has 3 heteroatoms. The van der Waals surface area contributed by atoms with Crippen molar-refractivity contribution < 1.29 is 4.79 Å². The number of nitrogens with zero attached hydrogens (tertiary/aromatic N) is 1. The van der Waals surface area contributed by atoms with E-state index in [1.165, 1.54) is 0 Å². The molecule has 3 rings (SSSR count). The van der Waals surface area contributed by atoms with Crippen molar-refractivity contribution in [3.63, 3.8) is 0 Å². The van der Waals surface area contributed by atoms with E-state index in [0.29, 0.717) is 5.91 Å². The van der Waals surface area contributed by atoms with E-state index in [2.05, 4.69) is 22.4 Å². The summed E-state index contributed by atoms with van der Waals surface area (Å²) in [6.07, 6.45) is 7.47. The van der Waals surface area contributed by atoms with E-state index in [-0.39, 0.29) is 5.92 Å². The lowest BCUT2D eigenvalue weighted by Gasteiger charge is -2.24. The van der Waals surface area contributed by atoms with Gasteiger partial charge in [0.1, 0.15) is 0 Å². The fraction of sp³-hybridized carbons (Fsp3) is 0.769. The van der Waals surface area contributed by atoms with Crippen LogP contribution in [0.25, 0.3) is 0 Å². The Morgan fingerprint density at radius 3 is 2.56 bits per heavy atom. The molecule has 2 saturated heterocycles. The van der Waals surface area contributed by atoms with E-state index in [1.807, 2.05) is 0 Å². The standard InChI is InChI=1S/C13H20N2O/c16-13(10-4-2-1-3-5-10)15-8-11-6-14-7-12(11)9-15/h1-2,10-12,14H,3-9H2. The van der Waals surface area contributed by atoms with Crippen molar-refractivity contribution in [1.82, 2.24) is 10.2 Å². The van der Waals surface area contributed by atoms with Gasteiger partial charge >= 0.3 is 0 Å². The number of fused-ring (bicyclic) bond motifs is 1.